The van der Waals surface area contributed by atoms with Gasteiger partial charge in [-0.3, -0.25) is 15.1 Å². The van der Waals surface area contributed by atoms with Gasteiger partial charge in [-0.1, -0.05) is 6.92 Å². The molecule has 3 rings (SSSR count). The summed E-state index contributed by atoms with van der Waals surface area (Å²) in [6.07, 6.45) is 7.65. The summed E-state index contributed by atoms with van der Waals surface area (Å²) in [4.78, 5) is 17.2. The van der Waals surface area contributed by atoms with E-state index in [9.17, 15) is 0 Å². The Bertz CT molecular complexity index is 677. The summed E-state index contributed by atoms with van der Waals surface area (Å²) in [6, 6.07) is 0. The van der Waals surface area contributed by atoms with Crippen molar-refractivity contribution in [3.05, 3.63) is 24.8 Å². The van der Waals surface area contributed by atoms with Crippen LogP contribution in [0.15, 0.2) is 24.8 Å². The second kappa shape index (κ2) is 4.97. The minimum atomic E-state index is 0.569. The highest BCUT2D eigenvalue weighted by Crippen LogP contribution is 2.23. The van der Waals surface area contributed by atoms with E-state index in [4.69, 9.17) is 0 Å². The van der Waals surface area contributed by atoms with E-state index in [0.717, 1.165) is 24.0 Å². The summed E-state index contributed by atoms with van der Waals surface area (Å²) in [7, 11) is 0. The SMILES string of the molecule is CCCNc1nc(-c2cnccn2)c2cn[nH]c2n1. The fourth-order valence-electron chi connectivity index (χ4n) is 1.77. The number of anilines is 1. The molecule has 0 atom stereocenters. The van der Waals surface area contributed by atoms with Gasteiger partial charge < -0.3 is 5.32 Å². The molecule has 3 aromatic rings. The van der Waals surface area contributed by atoms with Gasteiger partial charge in [-0.15, -0.1) is 0 Å². The molecule has 0 aromatic carbocycles. The molecule has 7 nitrogen and oxygen atoms in total. The number of hydrogen-bond donors (Lipinski definition) is 2. The molecule has 0 aliphatic carbocycles. The first kappa shape index (κ1) is 11.5. The molecule has 2 N–H and O–H groups in total. The third-order valence-corrected chi connectivity index (χ3v) is 2.65. The molecule has 3 aromatic heterocycles. The van der Waals surface area contributed by atoms with E-state index in [1.54, 1.807) is 24.8 Å². The van der Waals surface area contributed by atoms with Crippen LogP contribution < -0.4 is 5.32 Å². The Hall–Kier alpha value is -2.57. The van der Waals surface area contributed by atoms with Gasteiger partial charge >= 0.3 is 0 Å². The molecular weight excluding hydrogens is 242 g/mol. The summed E-state index contributed by atoms with van der Waals surface area (Å²) >= 11 is 0. The predicted octanol–water partition coefficient (Wildman–Crippen LogP) is 1.63. The fraction of sp³-hybridized carbons (Fsp3) is 0.250. The Kier molecular flexibility index (Phi) is 3.01. The maximum absolute atomic E-state index is 4.50. The Balaban J connectivity index is 2.13. The van der Waals surface area contributed by atoms with Gasteiger partial charge in [-0.25, -0.2) is 4.98 Å². The molecule has 0 aliphatic heterocycles. The number of hydrogen-bond acceptors (Lipinski definition) is 6. The lowest BCUT2D eigenvalue weighted by atomic mass is 10.2. The lowest BCUT2D eigenvalue weighted by Gasteiger charge is -2.06. The van der Waals surface area contributed by atoms with Gasteiger partial charge in [0.15, 0.2) is 5.65 Å². The molecule has 96 valence electrons. The molecule has 7 heteroatoms. The summed E-state index contributed by atoms with van der Waals surface area (Å²) in [5.74, 6) is 0.569. The number of rotatable bonds is 4. The second-order valence-electron chi connectivity index (χ2n) is 4.05. The monoisotopic (exact) mass is 255 g/mol. The minimum absolute atomic E-state index is 0.569. The Morgan fingerprint density at radius 3 is 2.95 bits per heavy atom. The average Bonchev–Trinajstić information content (AvgIpc) is 2.93. The highest BCUT2D eigenvalue weighted by Gasteiger charge is 2.12. The van der Waals surface area contributed by atoms with Gasteiger partial charge in [0, 0.05) is 18.9 Å². The standard InChI is InChI=1S/C12H13N7/c1-2-3-15-12-17-10(9-7-13-4-5-14-9)8-6-16-19-11(8)18-12/h4-7H,2-3H2,1H3,(H2,15,16,17,18,19). The Labute approximate surface area is 109 Å². The van der Waals surface area contributed by atoms with Gasteiger partial charge in [-0.05, 0) is 6.42 Å². The van der Waals surface area contributed by atoms with Gasteiger partial charge in [0.1, 0.15) is 11.4 Å². The van der Waals surface area contributed by atoms with E-state index in [2.05, 4.69) is 42.4 Å². The highest BCUT2D eigenvalue weighted by molar-refractivity contribution is 5.89. The number of H-pyrrole nitrogens is 1. The van der Waals surface area contributed by atoms with Crippen LogP contribution >= 0.6 is 0 Å². The highest BCUT2D eigenvalue weighted by atomic mass is 15.2. The van der Waals surface area contributed by atoms with E-state index in [0.29, 0.717) is 17.3 Å². The lowest BCUT2D eigenvalue weighted by Crippen LogP contribution is -2.05. The van der Waals surface area contributed by atoms with Crippen LogP contribution in [0.1, 0.15) is 13.3 Å². The summed E-state index contributed by atoms with van der Waals surface area (Å²) < 4.78 is 0. The molecule has 0 aliphatic rings. The number of nitrogens with zero attached hydrogens (tertiary/aromatic N) is 5. The van der Waals surface area contributed by atoms with Crippen LogP contribution in [0, 0.1) is 0 Å². The van der Waals surface area contributed by atoms with Gasteiger partial charge in [0.2, 0.25) is 5.95 Å². The van der Waals surface area contributed by atoms with Crippen molar-refractivity contribution in [1.82, 2.24) is 30.1 Å². The number of aromatic amines is 1. The van der Waals surface area contributed by atoms with E-state index in [1.807, 2.05) is 0 Å². The third-order valence-electron chi connectivity index (χ3n) is 2.65. The van der Waals surface area contributed by atoms with Crippen LogP contribution in [-0.4, -0.2) is 36.7 Å². The molecule has 3 heterocycles. The molecule has 0 unspecified atom stereocenters. The van der Waals surface area contributed by atoms with Gasteiger partial charge in [0.25, 0.3) is 0 Å². The zero-order valence-electron chi connectivity index (χ0n) is 10.5. The Morgan fingerprint density at radius 2 is 2.16 bits per heavy atom. The molecule has 0 spiro atoms. The van der Waals surface area contributed by atoms with Gasteiger partial charge in [-0.2, -0.15) is 10.1 Å². The molecule has 0 radical (unpaired) electrons. The predicted molar refractivity (Wildman–Crippen MR) is 71.5 cm³/mol. The average molecular weight is 255 g/mol. The van der Waals surface area contributed by atoms with E-state index in [-0.39, 0.29) is 0 Å². The first-order valence-electron chi connectivity index (χ1n) is 6.10. The number of fused-ring (bicyclic) bond motifs is 1. The molecule has 0 bridgehead atoms. The molecular formula is C12H13N7. The van der Waals surface area contributed by atoms with Crippen LogP contribution in [0.4, 0.5) is 5.95 Å². The van der Waals surface area contributed by atoms with E-state index in [1.165, 1.54) is 0 Å². The summed E-state index contributed by atoms with van der Waals surface area (Å²) in [6.45, 7) is 2.91. The maximum Gasteiger partial charge on any atom is 0.225 e. The van der Waals surface area contributed by atoms with Crippen molar-refractivity contribution in [2.75, 3.05) is 11.9 Å². The largest absolute Gasteiger partial charge is 0.354 e. The normalized spacial score (nSPS) is 10.8. The minimum Gasteiger partial charge on any atom is -0.354 e. The van der Waals surface area contributed by atoms with Crippen molar-refractivity contribution in [2.45, 2.75) is 13.3 Å². The molecule has 0 amide bonds. The van der Waals surface area contributed by atoms with Crippen LogP contribution in [0.2, 0.25) is 0 Å². The second-order valence-corrected chi connectivity index (χ2v) is 4.05. The van der Waals surface area contributed by atoms with Crippen molar-refractivity contribution < 1.29 is 0 Å². The zero-order valence-corrected chi connectivity index (χ0v) is 10.5. The smallest absolute Gasteiger partial charge is 0.225 e. The van der Waals surface area contributed by atoms with Crippen molar-refractivity contribution in [1.29, 1.82) is 0 Å². The lowest BCUT2D eigenvalue weighted by molar-refractivity contribution is 0.954. The van der Waals surface area contributed by atoms with E-state index >= 15 is 0 Å². The summed E-state index contributed by atoms with van der Waals surface area (Å²) in [5, 5.41) is 10.9. The van der Waals surface area contributed by atoms with Crippen molar-refractivity contribution in [3.63, 3.8) is 0 Å². The van der Waals surface area contributed by atoms with Crippen molar-refractivity contribution >= 4 is 17.0 Å². The molecule has 0 saturated heterocycles. The fourth-order valence-corrected chi connectivity index (χ4v) is 1.77. The molecule has 19 heavy (non-hydrogen) atoms. The van der Waals surface area contributed by atoms with E-state index < -0.39 is 0 Å². The molecule has 0 fully saturated rings. The van der Waals surface area contributed by atoms with Crippen LogP contribution in [0.5, 0.6) is 0 Å². The van der Waals surface area contributed by atoms with Crippen LogP contribution in [0.25, 0.3) is 22.4 Å². The number of nitrogens with one attached hydrogen (secondary N) is 2. The van der Waals surface area contributed by atoms with Crippen molar-refractivity contribution in [2.24, 2.45) is 0 Å². The van der Waals surface area contributed by atoms with Gasteiger partial charge in [0.05, 0.1) is 17.8 Å². The quantitative estimate of drug-likeness (QED) is 0.736. The molecule has 0 saturated carbocycles. The zero-order chi connectivity index (χ0) is 13.1. The van der Waals surface area contributed by atoms with Crippen LogP contribution in [-0.2, 0) is 0 Å². The first-order chi connectivity index (χ1) is 9.38. The Morgan fingerprint density at radius 1 is 1.21 bits per heavy atom. The first-order valence-corrected chi connectivity index (χ1v) is 6.10. The summed E-state index contributed by atoms with van der Waals surface area (Å²) in [5.41, 5.74) is 2.12. The third kappa shape index (κ3) is 2.22. The maximum atomic E-state index is 4.50. The van der Waals surface area contributed by atoms with Crippen molar-refractivity contribution in [3.8, 4) is 11.4 Å². The van der Waals surface area contributed by atoms with Crippen LogP contribution in [0.3, 0.4) is 0 Å². The number of aromatic nitrogens is 6. The topological polar surface area (TPSA) is 92.3 Å².